The van der Waals surface area contributed by atoms with Crippen LogP contribution in [0.5, 0.6) is 0 Å². The van der Waals surface area contributed by atoms with Gasteiger partial charge in [-0.15, -0.1) is 0 Å². The maximum atomic E-state index is 11.8. The normalized spacial score (nSPS) is 22.1. The van der Waals surface area contributed by atoms with Crippen LogP contribution >= 0.6 is 0 Å². The van der Waals surface area contributed by atoms with Crippen LogP contribution in [0.15, 0.2) is 0 Å². The predicted molar refractivity (Wildman–Crippen MR) is 69.6 cm³/mol. The number of Topliss-reactive ketones (excluding diaryl/α,β-unsaturated/α-hetero) is 1. The van der Waals surface area contributed by atoms with Gasteiger partial charge in [0.25, 0.3) is 0 Å². The first kappa shape index (κ1) is 13.7. The summed E-state index contributed by atoms with van der Waals surface area (Å²) < 4.78 is 0. The summed E-state index contributed by atoms with van der Waals surface area (Å²) in [5, 5.41) is 0. The Bertz CT molecular complexity index is 174. The van der Waals surface area contributed by atoms with E-state index in [-0.39, 0.29) is 0 Å². The fourth-order valence-corrected chi connectivity index (χ4v) is 2.77. The molecule has 0 saturated heterocycles. The van der Waals surface area contributed by atoms with Crippen LogP contribution in [-0.4, -0.2) is 5.78 Å². The lowest BCUT2D eigenvalue weighted by molar-refractivity contribution is -0.123. The van der Waals surface area contributed by atoms with E-state index in [1.807, 2.05) is 6.92 Å². The molecule has 0 bridgehead atoms. The summed E-state index contributed by atoms with van der Waals surface area (Å²) in [4.78, 5) is 11.8. The molecule has 0 atom stereocenters. The van der Waals surface area contributed by atoms with Crippen LogP contribution in [0.25, 0.3) is 0 Å². The van der Waals surface area contributed by atoms with E-state index in [2.05, 4.69) is 0 Å². The van der Waals surface area contributed by atoms with Gasteiger partial charge in [-0.2, -0.15) is 0 Å². The SMILES string of the molecule is CCC(=O)C1CCCCCCCCCCC1. The number of hydrogen-bond donors (Lipinski definition) is 0. The molecular formula is C15H28O. The van der Waals surface area contributed by atoms with Crippen molar-refractivity contribution < 1.29 is 4.79 Å². The van der Waals surface area contributed by atoms with Gasteiger partial charge >= 0.3 is 0 Å². The Kier molecular flexibility index (Phi) is 7.54. The van der Waals surface area contributed by atoms with E-state index in [4.69, 9.17) is 0 Å². The van der Waals surface area contributed by atoms with Crippen LogP contribution in [0.2, 0.25) is 0 Å². The average molecular weight is 224 g/mol. The summed E-state index contributed by atoms with van der Waals surface area (Å²) in [6.45, 7) is 2.01. The fourth-order valence-electron chi connectivity index (χ4n) is 2.77. The summed E-state index contributed by atoms with van der Waals surface area (Å²) in [7, 11) is 0. The first-order chi connectivity index (χ1) is 7.84. The zero-order chi connectivity index (χ0) is 11.6. The first-order valence-corrected chi connectivity index (χ1v) is 7.37. The molecule has 0 spiro atoms. The van der Waals surface area contributed by atoms with Gasteiger partial charge in [0.1, 0.15) is 5.78 Å². The smallest absolute Gasteiger partial charge is 0.135 e. The highest BCUT2D eigenvalue weighted by Crippen LogP contribution is 2.22. The summed E-state index contributed by atoms with van der Waals surface area (Å²) in [6.07, 6.45) is 15.3. The lowest BCUT2D eigenvalue weighted by atomic mass is 9.89. The molecule has 0 unspecified atom stereocenters. The van der Waals surface area contributed by atoms with Crippen LogP contribution in [0.3, 0.4) is 0 Å². The van der Waals surface area contributed by atoms with Crippen molar-refractivity contribution in [3.8, 4) is 0 Å². The molecule has 0 N–H and O–H groups in total. The molecule has 1 nitrogen and oxygen atoms in total. The van der Waals surface area contributed by atoms with E-state index < -0.39 is 0 Å². The maximum absolute atomic E-state index is 11.8. The lowest BCUT2D eigenvalue weighted by Gasteiger charge is -2.15. The highest BCUT2D eigenvalue weighted by atomic mass is 16.1. The van der Waals surface area contributed by atoms with Crippen molar-refractivity contribution in [1.29, 1.82) is 0 Å². The van der Waals surface area contributed by atoms with Crippen LogP contribution in [0.4, 0.5) is 0 Å². The van der Waals surface area contributed by atoms with Crippen molar-refractivity contribution in [2.45, 2.75) is 84.0 Å². The molecule has 0 aromatic carbocycles. The predicted octanol–water partition coefficient (Wildman–Crippen LogP) is 4.89. The van der Waals surface area contributed by atoms with Crippen molar-refractivity contribution in [3.63, 3.8) is 0 Å². The Balaban J connectivity index is 2.33. The first-order valence-electron chi connectivity index (χ1n) is 7.37. The molecule has 0 aliphatic heterocycles. The topological polar surface area (TPSA) is 17.1 Å². The second-order valence-corrected chi connectivity index (χ2v) is 5.28. The summed E-state index contributed by atoms with van der Waals surface area (Å²) >= 11 is 0. The van der Waals surface area contributed by atoms with Gasteiger partial charge in [0.15, 0.2) is 0 Å². The Morgan fingerprint density at radius 3 is 1.56 bits per heavy atom. The van der Waals surface area contributed by atoms with Gasteiger partial charge < -0.3 is 0 Å². The second-order valence-electron chi connectivity index (χ2n) is 5.28. The van der Waals surface area contributed by atoms with Gasteiger partial charge in [-0.3, -0.25) is 4.79 Å². The molecule has 1 aliphatic carbocycles. The molecule has 0 amide bonds. The Morgan fingerprint density at radius 1 is 0.812 bits per heavy atom. The lowest BCUT2D eigenvalue weighted by Crippen LogP contribution is -2.13. The molecule has 1 rings (SSSR count). The molecule has 0 heterocycles. The number of ketones is 1. The minimum absolute atomic E-state index is 0.393. The number of carbonyl (C=O) groups excluding carboxylic acids is 1. The van der Waals surface area contributed by atoms with E-state index in [1.54, 1.807) is 0 Å². The minimum Gasteiger partial charge on any atom is -0.299 e. The van der Waals surface area contributed by atoms with Gasteiger partial charge in [-0.25, -0.2) is 0 Å². The van der Waals surface area contributed by atoms with Gasteiger partial charge in [0, 0.05) is 12.3 Å². The van der Waals surface area contributed by atoms with Crippen LogP contribution in [0, 0.1) is 5.92 Å². The molecule has 0 aromatic rings. The van der Waals surface area contributed by atoms with Crippen molar-refractivity contribution in [2.24, 2.45) is 5.92 Å². The molecular weight excluding hydrogens is 196 g/mol. The van der Waals surface area contributed by atoms with E-state index in [9.17, 15) is 4.79 Å². The molecule has 0 radical (unpaired) electrons. The number of hydrogen-bond acceptors (Lipinski definition) is 1. The summed E-state index contributed by atoms with van der Waals surface area (Å²) in [6, 6.07) is 0. The molecule has 1 fully saturated rings. The average Bonchev–Trinajstić information content (AvgIpc) is 2.29. The van der Waals surface area contributed by atoms with Crippen molar-refractivity contribution in [2.75, 3.05) is 0 Å². The standard InChI is InChI=1S/C15H28O/c1-2-15(16)14-12-10-8-6-4-3-5-7-9-11-13-14/h14H,2-13H2,1H3. The second kappa shape index (κ2) is 8.78. The molecule has 16 heavy (non-hydrogen) atoms. The van der Waals surface area contributed by atoms with Gasteiger partial charge in [0.2, 0.25) is 0 Å². The van der Waals surface area contributed by atoms with E-state index >= 15 is 0 Å². The third-order valence-electron chi connectivity index (χ3n) is 3.91. The molecule has 1 aliphatic rings. The molecule has 1 heteroatoms. The minimum atomic E-state index is 0.393. The van der Waals surface area contributed by atoms with Crippen molar-refractivity contribution in [3.05, 3.63) is 0 Å². The van der Waals surface area contributed by atoms with Crippen molar-refractivity contribution >= 4 is 5.78 Å². The van der Waals surface area contributed by atoms with Gasteiger partial charge in [-0.1, -0.05) is 64.7 Å². The van der Waals surface area contributed by atoms with E-state index in [0.29, 0.717) is 11.7 Å². The Labute approximate surface area is 101 Å². The van der Waals surface area contributed by atoms with Crippen LogP contribution < -0.4 is 0 Å². The molecule has 94 valence electrons. The number of rotatable bonds is 2. The maximum Gasteiger partial charge on any atom is 0.135 e. The number of carbonyl (C=O) groups is 1. The van der Waals surface area contributed by atoms with Crippen molar-refractivity contribution in [1.82, 2.24) is 0 Å². The quantitative estimate of drug-likeness (QED) is 0.653. The van der Waals surface area contributed by atoms with E-state index in [1.165, 1.54) is 57.8 Å². The summed E-state index contributed by atoms with van der Waals surface area (Å²) in [5.74, 6) is 0.904. The third-order valence-corrected chi connectivity index (χ3v) is 3.91. The fraction of sp³-hybridized carbons (Fsp3) is 0.933. The Morgan fingerprint density at radius 2 is 1.19 bits per heavy atom. The monoisotopic (exact) mass is 224 g/mol. The largest absolute Gasteiger partial charge is 0.299 e. The third kappa shape index (κ3) is 5.67. The zero-order valence-corrected chi connectivity index (χ0v) is 11.0. The highest BCUT2D eigenvalue weighted by molar-refractivity contribution is 5.80. The Hall–Kier alpha value is -0.330. The van der Waals surface area contributed by atoms with Gasteiger partial charge in [-0.05, 0) is 12.8 Å². The van der Waals surface area contributed by atoms with E-state index in [0.717, 1.165) is 19.3 Å². The zero-order valence-electron chi connectivity index (χ0n) is 11.0. The summed E-state index contributed by atoms with van der Waals surface area (Å²) in [5.41, 5.74) is 0. The molecule has 1 saturated carbocycles. The van der Waals surface area contributed by atoms with Crippen LogP contribution in [-0.2, 0) is 4.79 Å². The molecule has 0 aromatic heterocycles. The van der Waals surface area contributed by atoms with Gasteiger partial charge in [0.05, 0.1) is 0 Å². The highest BCUT2D eigenvalue weighted by Gasteiger charge is 2.15. The van der Waals surface area contributed by atoms with Crippen LogP contribution in [0.1, 0.15) is 84.0 Å².